The molecular weight excluding hydrogens is 473 g/mol. The van der Waals surface area contributed by atoms with Crippen molar-refractivity contribution in [3.8, 4) is 0 Å². The fourth-order valence-corrected chi connectivity index (χ4v) is 7.92. The summed E-state index contributed by atoms with van der Waals surface area (Å²) in [6.07, 6.45) is 0. The van der Waals surface area contributed by atoms with Gasteiger partial charge in [-0.2, -0.15) is 0 Å². The van der Waals surface area contributed by atoms with Crippen LogP contribution in [0.4, 0.5) is 5.69 Å². The van der Waals surface area contributed by atoms with Crippen LogP contribution in [0.2, 0.25) is 0 Å². The lowest BCUT2D eigenvalue weighted by Crippen LogP contribution is -2.32. The first-order chi connectivity index (χ1) is 15.0. The molecule has 2 amide bonds. The van der Waals surface area contributed by atoms with E-state index in [9.17, 15) is 14.4 Å². The highest BCUT2D eigenvalue weighted by atomic mass is 32.2. The number of fused-ring (bicyclic) bond motifs is 2. The number of imide groups is 1. The summed E-state index contributed by atoms with van der Waals surface area (Å²) in [5.41, 5.74) is 0.835. The van der Waals surface area contributed by atoms with Crippen molar-refractivity contribution in [2.24, 2.45) is 5.92 Å². The van der Waals surface area contributed by atoms with Crippen LogP contribution in [-0.4, -0.2) is 34.6 Å². The van der Waals surface area contributed by atoms with Gasteiger partial charge in [0.05, 0.1) is 28.8 Å². The number of carbonyl (C=O) groups is 3. The number of amides is 2. The highest BCUT2D eigenvalue weighted by Gasteiger charge is 2.56. The van der Waals surface area contributed by atoms with Gasteiger partial charge in [0.2, 0.25) is 11.8 Å². The highest BCUT2D eigenvalue weighted by molar-refractivity contribution is 8.01. The van der Waals surface area contributed by atoms with Crippen molar-refractivity contribution in [2.75, 3.05) is 11.5 Å². The molecule has 6 nitrogen and oxygen atoms in total. The van der Waals surface area contributed by atoms with Crippen LogP contribution in [0.1, 0.15) is 33.0 Å². The fraction of sp³-hybridized carbons (Fsp3) is 0.238. The van der Waals surface area contributed by atoms with Crippen molar-refractivity contribution in [3.05, 3.63) is 61.1 Å². The lowest BCUT2D eigenvalue weighted by atomic mass is 9.87. The lowest BCUT2D eigenvalue weighted by molar-refractivity contribution is -0.122. The average Bonchev–Trinajstić information content (AvgIpc) is 3.46. The Morgan fingerprint density at radius 2 is 1.97 bits per heavy atom. The monoisotopic (exact) mass is 488 g/mol. The topological polar surface area (TPSA) is 79.5 Å². The zero-order valence-corrected chi connectivity index (χ0v) is 19.5. The van der Waals surface area contributed by atoms with E-state index in [2.05, 4.69) is 4.98 Å². The number of hydrogen-bond acceptors (Lipinski definition) is 8. The summed E-state index contributed by atoms with van der Waals surface area (Å²) < 4.78 is 5.65. The molecule has 10 heteroatoms. The molecule has 158 valence electrons. The Morgan fingerprint density at radius 1 is 1.19 bits per heavy atom. The summed E-state index contributed by atoms with van der Waals surface area (Å²) in [4.78, 5) is 45.4. The molecule has 0 spiro atoms. The Balaban J connectivity index is 1.53. The van der Waals surface area contributed by atoms with Crippen LogP contribution in [0.3, 0.4) is 0 Å². The van der Waals surface area contributed by atoms with Crippen molar-refractivity contribution in [3.63, 3.8) is 0 Å². The number of nitrogens with one attached hydrogen (secondary N) is 1. The SMILES string of the molecule is CCOC(=O)c1ccc(N2C(=O)C3Sc4[nH]c(=S)sc4C(c4cccs4)C3C2=O)cc1. The lowest BCUT2D eigenvalue weighted by Gasteiger charge is -2.28. The largest absolute Gasteiger partial charge is 0.462 e. The molecule has 5 rings (SSSR count). The molecule has 1 N–H and O–H groups in total. The van der Waals surface area contributed by atoms with Crippen LogP contribution >= 0.6 is 46.7 Å². The zero-order chi connectivity index (χ0) is 21.7. The van der Waals surface area contributed by atoms with E-state index in [1.54, 1.807) is 42.5 Å². The molecular formula is C21H16N2O4S4. The minimum absolute atomic E-state index is 0.209. The van der Waals surface area contributed by atoms with Crippen molar-refractivity contribution in [1.82, 2.24) is 4.98 Å². The predicted octanol–water partition coefficient (Wildman–Crippen LogP) is 4.84. The molecule has 3 atom stereocenters. The quantitative estimate of drug-likeness (QED) is 0.322. The maximum absolute atomic E-state index is 13.6. The maximum atomic E-state index is 13.6. The molecule has 0 bridgehead atoms. The van der Waals surface area contributed by atoms with E-state index >= 15 is 0 Å². The van der Waals surface area contributed by atoms with Gasteiger partial charge in [0.15, 0.2) is 3.95 Å². The van der Waals surface area contributed by atoms with Gasteiger partial charge in [-0.1, -0.05) is 17.8 Å². The van der Waals surface area contributed by atoms with E-state index in [4.69, 9.17) is 17.0 Å². The summed E-state index contributed by atoms with van der Waals surface area (Å²) in [6, 6.07) is 10.3. The van der Waals surface area contributed by atoms with Gasteiger partial charge < -0.3 is 9.72 Å². The van der Waals surface area contributed by atoms with Gasteiger partial charge in [-0.05, 0) is 54.9 Å². The molecule has 2 aliphatic rings. The summed E-state index contributed by atoms with van der Waals surface area (Å²) in [6.45, 7) is 2.02. The Bertz CT molecular complexity index is 1230. The van der Waals surface area contributed by atoms with Crippen molar-refractivity contribution in [2.45, 2.75) is 23.1 Å². The molecule has 1 saturated heterocycles. The summed E-state index contributed by atoms with van der Waals surface area (Å²) >= 11 is 9.77. The van der Waals surface area contributed by atoms with E-state index in [1.807, 2.05) is 17.5 Å². The molecule has 3 unspecified atom stereocenters. The normalized spacial score (nSPS) is 22.4. The molecule has 2 aromatic heterocycles. The zero-order valence-electron chi connectivity index (χ0n) is 16.2. The molecule has 1 fully saturated rings. The summed E-state index contributed by atoms with van der Waals surface area (Å²) in [7, 11) is 0. The molecule has 3 aromatic rings. The van der Waals surface area contributed by atoms with Crippen molar-refractivity contribution >= 4 is 70.1 Å². The third-order valence-corrected chi connectivity index (χ3v) is 9.02. The number of thiophene rings is 1. The standard InChI is InChI=1S/C21H16N2O4S4/c1-2-27-20(26)10-5-7-11(8-6-10)23-18(24)14-13(12-4-3-9-29-12)15-17(22-21(28)31-15)30-16(14)19(23)25/h3-9,13-14,16H,2H2,1H3,(H,22,28). The number of carbonyl (C=O) groups excluding carboxylic acids is 3. The number of H-pyrrole nitrogens is 1. The van der Waals surface area contributed by atoms with Gasteiger partial charge in [0, 0.05) is 15.7 Å². The minimum atomic E-state index is -0.530. The van der Waals surface area contributed by atoms with E-state index in [1.165, 1.54) is 28.0 Å². The van der Waals surface area contributed by atoms with Gasteiger partial charge in [-0.3, -0.25) is 9.59 Å². The van der Waals surface area contributed by atoms with E-state index in [-0.39, 0.29) is 24.3 Å². The van der Waals surface area contributed by atoms with Gasteiger partial charge in [-0.15, -0.1) is 22.7 Å². The highest BCUT2D eigenvalue weighted by Crippen LogP contribution is 2.54. The second-order valence-corrected chi connectivity index (χ2v) is 10.9. The first-order valence-electron chi connectivity index (χ1n) is 9.57. The predicted molar refractivity (Wildman–Crippen MR) is 124 cm³/mol. The van der Waals surface area contributed by atoms with Crippen molar-refractivity contribution in [1.29, 1.82) is 0 Å². The molecule has 2 aliphatic heterocycles. The Morgan fingerprint density at radius 3 is 2.65 bits per heavy atom. The first-order valence-corrected chi connectivity index (χ1v) is 12.6. The van der Waals surface area contributed by atoms with Crippen LogP contribution < -0.4 is 4.90 Å². The fourth-order valence-electron chi connectivity index (χ4n) is 4.01. The molecule has 31 heavy (non-hydrogen) atoms. The number of nitrogens with zero attached hydrogens (tertiary/aromatic N) is 1. The van der Waals surface area contributed by atoms with E-state index in [0.717, 1.165) is 14.8 Å². The van der Waals surface area contributed by atoms with Crippen molar-refractivity contribution < 1.29 is 19.1 Å². The smallest absolute Gasteiger partial charge is 0.338 e. The maximum Gasteiger partial charge on any atom is 0.338 e. The second-order valence-electron chi connectivity index (χ2n) is 7.04. The first kappa shape index (κ1) is 20.6. The Kier molecular flexibility index (Phi) is 5.33. The number of anilines is 1. The Labute approximate surface area is 195 Å². The molecule has 0 aliphatic carbocycles. The number of aromatic nitrogens is 1. The van der Waals surface area contributed by atoms with Crippen LogP contribution in [0.25, 0.3) is 0 Å². The molecule has 1 aromatic carbocycles. The van der Waals surface area contributed by atoms with Gasteiger partial charge >= 0.3 is 5.97 Å². The molecule has 4 heterocycles. The summed E-state index contributed by atoms with van der Waals surface area (Å²) in [5, 5.41) is 2.32. The molecule has 0 saturated carbocycles. The summed E-state index contributed by atoms with van der Waals surface area (Å²) in [5.74, 6) is -1.62. The van der Waals surface area contributed by atoms with Crippen LogP contribution in [0, 0.1) is 9.87 Å². The number of hydrogen-bond donors (Lipinski definition) is 1. The average molecular weight is 489 g/mol. The van der Waals surface area contributed by atoms with Gasteiger partial charge in [0.1, 0.15) is 5.25 Å². The second kappa shape index (κ2) is 8.01. The number of rotatable bonds is 4. The van der Waals surface area contributed by atoms with Crippen LogP contribution in [0.15, 0.2) is 46.8 Å². The third-order valence-electron chi connectivity index (χ3n) is 5.31. The van der Waals surface area contributed by atoms with E-state index < -0.39 is 17.1 Å². The number of aromatic amines is 1. The number of benzene rings is 1. The number of thioether (sulfide) groups is 1. The number of ether oxygens (including phenoxy) is 1. The number of esters is 1. The van der Waals surface area contributed by atoms with E-state index in [0.29, 0.717) is 15.2 Å². The van der Waals surface area contributed by atoms with Gasteiger partial charge in [0.25, 0.3) is 0 Å². The van der Waals surface area contributed by atoms with Crippen LogP contribution in [0.5, 0.6) is 0 Å². The Hall–Kier alpha value is -2.27. The minimum Gasteiger partial charge on any atom is -0.462 e. The number of thiazole rings is 1. The molecule has 0 radical (unpaired) electrons. The van der Waals surface area contributed by atoms with Crippen LogP contribution in [-0.2, 0) is 14.3 Å². The van der Waals surface area contributed by atoms with Gasteiger partial charge in [-0.25, -0.2) is 9.69 Å². The third kappa shape index (κ3) is 3.38.